The maximum atomic E-state index is 11.7. The molecule has 6 heteroatoms. The number of aromatic nitrogens is 1. The molecule has 1 aromatic carbocycles. The van der Waals surface area contributed by atoms with Crippen molar-refractivity contribution in [3.05, 3.63) is 63.0 Å². The van der Waals surface area contributed by atoms with E-state index in [0.29, 0.717) is 44.7 Å². The molecule has 0 spiro atoms. The summed E-state index contributed by atoms with van der Waals surface area (Å²) in [4.78, 5) is 0. The van der Waals surface area contributed by atoms with E-state index in [-0.39, 0.29) is 5.41 Å². The van der Waals surface area contributed by atoms with Gasteiger partial charge in [0.05, 0.1) is 22.2 Å². The molecule has 1 atom stereocenters. The van der Waals surface area contributed by atoms with Gasteiger partial charge in [0, 0.05) is 23.1 Å². The van der Waals surface area contributed by atoms with Gasteiger partial charge in [-0.15, -0.1) is 0 Å². The van der Waals surface area contributed by atoms with Crippen LogP contribution in [0.3, 0.4) is 0 Å². The fourth-order valence-electron chi connectivity index (χ4n) is 3.04. The molecule has 1 aliphatic rings. The Bertz CT molecular complexity index is 763. The van der Waals surface area contributed by atoms with Crippen molar-refractivity contribution in [1.29, 1.82) is 0 Å². The van der Waals surface area contributed by atoms with E-state index in [1.807, 2.05) is 13.8 Å². The SMILES string of the molecule is CC1(C)COc2cc(Cl)c(Cl)cc2C(O)(c2ccc[n+]([O-])c2)C1. The van der Waals surface area contributed by atoms with Gasteiger partial charge in [-0.25, -0.2) is 0 Å². The summed E-state index contributed by atoms with van der Waals surface area (Å²) in [6, 6.07) is 6.56. The second-order valence-electron chi connectivity index (χ2n) is 6.70. The van der Waals surface area contributed by atoms with Gasteiger partial charge in [0.1, 0.15) is 11.4 Å². The van der Waals surface area contributed by atoms with Crippen LogP contribution < -0.4 is 9.47 Å². The van der Waals surface area contributed by atoms with E-state index in [1.165, 1.54) is 12.4 Å². The summed E-state index contributed by atoms with van der Waals surface area (Å²) in [5.41, 5.74) is -0.690. The van der Waals surface area contributed by atoms with E-state index in [2.05, 4.69) is 0 Å². The number of pyridine rings is 1. The first-order valence-corrected chi connectivity index (χ1v) is 8.01. The van der Waals surface area contributed by atoms with Crippen LogP contribution >= 0.6 is 23.2 Å². The van der Waals surface area contributed by atoms with Crippen molar-refractivity contribution in [2.75, 3.05) is 6.61 Å². The molecule has 0 bridgehead atoms. The van der Waals surface area contributed by atoms with Crippen LogP contribution in [0.4, 0.5) is 0 Å². The monoisotopic (exact) mass is 353 g/mol. The van der Waals surface area contributed by atoms with Gasteiger partial charge in [-0.2, -0.15) is 4.73 Å². The van der Waals surface area contributed by atoms with Crippen LogP contribution in [0.5, 0.6) is 5.75 Å². The second kappa shape index (κ2) is 5.55. The van der Waals surface area contributed by atoms with Crippen molar-refractivity contribution >= 4 is 23.2 Å². The zero-order valence-electron chi connectivity index (χ0n) is 12.8. The predicted molar refractivity (Wildman–Crippen MR) is 88.8 cm³/mol. The fourth-order valence-corrected chi connectivity index (χ4v) is 3.36. The Kier molecular flexibility index (Phi) is 3.95. The highest BCUT2D eigenvalue weighted by molar-refractivity contribution is 6.42. The molecule has 4 nitrogen and oxygen atoms in total. The lowest BCUT2D eigenvalue weighted by atomic mass is 9.75. The van der Waals surface area contributed by atoms with E-state index in [4.69, 9.17) is 27.9 Å². The number of aliphatic hydroxyl groups is 1. The van der Waals surface area contributed by atoms with Crippen molar-refractivity contribution < 1.29 is 14.6 Å². The van der Waals surface area contributed by atoms with E-state index < -0.39 is 5.60 Å². The quantitative estimate of drug-likeness (QED) is 0.628. The third-order valence-electron chi connectivity index (χ3n) is 4.07. The summed E-state index contributed by atoms with van der Waals surface area (Å²) in [6.07, 6.45) is 3.13. The highest BCUT2D eigenvalue weighted by Gasteiger charge is 2.44. The summed E-state index contributed by atoms with van der Waals surface area (Å²) in [5, 5.41) is 23.9. The number of hydrogen-bond donors (Lipinski definition) is 1. The molecule has 0 radical (unpaired) electrons. The third-order valence-corrected chi connectivity index (χ3v) is 4.80. The van der Waals surface area contributed by atoms with Crippen molar-refractivity contribution in [1.82, 2.24) is 0 Å². The Morgan fingerprint density at radius 1 is 1.26 bits per heavy atom. The molecule has 1 aliphatic heterocycles. The standard InChI is InChI=1S/C17H17Cl2NO3/c1-16(2)9-17(21,11-4-3-5-20(22)8-11)12-6-13(18)14(19)7-15(12)23-10-16/h3-8,21H,9-10H2,1-2H3. The number of benzene rings is 1. The maximum Gasteiger partial charge on any atom is 0.186 e. The van der Waals surface area contributed by atoms with Gasteiger partial charge in [-0.3, -0.25) is 0 Å². The lowest BCUT2D eigenvalue weighted by molar-refractivity contribution is -0.606. The van der Waals surface area contributed by atoms with E-state index in [1.54, 1.807) is 24.3 Å². The van der Waals surface area contributed by atoms with Crippen molar-refractivity contribution in [2.45, 2.75) is 25.9 Å². The van der Waals surface area contributed by atoms with E-state index in [9.17, 15) is 10.3 Å². The molecule has 1 aromatic heterocycles. The van der Waals surface area contributed by atoms with E-state index in [0.717, 1.165) is 0 Å². The van der Waals surface area contributed by atoms with Crippen molar-refractivity contribution in [3.63, 3.8) is 0 Å². The zero-order chi connectivity index (χ0) is 16.8. The average Bonchev–Trinajstić information content (AvgIpc) is 2.56. The topological polar surface area (TPSA) is 56.4 Å². The van der Waals surface area contributed by atoms with Crippen LogP contribution in [-0.4, -0.2) is 11.7 Å². The van der Waals surface area contributed by atoms with Crippen LogP contribution in [-0.2, 0) is 5.60 Å². The van der Waals surface area contributed by atoms with Crippen molar-refractivity contribution in [2.24, 2.45) is 5.41 Å². The highest BCUT2D eigenvalue weighted by atomic mass is 35.5. The van der Waals surface area contributed by atoms with Crippen LogP contribution in [0.15, 0.2) is 36.7 Å². The van der Waals surface area contributed by atoms with Gasteiger partial charge in [-0.1, -0.05) is 37.0 Å². The van der Waals surface area contributed by atoms with Crippen molar-refractivity contribution in [3.8, 4) is 5.75 Å². The molecule has 0 saturated heterocycles. The minimum atomic E-state index is -1.39. The molecule has 1 N–H and O–H groups in total. The summed E-state index contributed by atoms with van der Waals surface area (Å²) in [7, 11) is 0. The normalized spacial score (nSPS) is 22.8. The molecule has 0 amide bonds. The fraction of sp³-hybridized carbons (Fsp3) is 0.353. The Balaban J connectivity index is 2.26. The summed E-state index contributed by atoms with van der Waals surface area (Å²) < 4.78 is 6.53. The van der Waals surface area contributed by atoms with Gasteiger partial charge in [-0.05, 0) is 18.6 Å². The zero-order valence-corrected chi connectivity index (χ0v) is 14.4. The first-order valence-electron chi connectivity index (χ1n) is 7.25. The molecule has 2 aromatic rings. The van der Waals surface area contributed by atoms with E-state index >= 15 is 0 Å². The summed E-state index contributed by atoms with van der Waals surface area (Å²) >= 11 is 12.2. The number of fused-ring (bicyclic) bond motifs is 1. The first kappa shape index (κ1) is 16.4. The number of hydrogen-bond acceptors (Lipinski definition) is 3. The number of halogens is 2. The van der Waals surface area contributed by atoms with Gasteiger partial charge in [0.15, 0.2) is 12.4 Å². The molecule has 1 unspecified atom stereocenters. The number of ether oxygens (including phenoxy) is 1. The Hall–Kier alpha value is -1.49. The lowest BCUT2D eigenvalue weighted by Gasteiger charge is -2.33. The lowest BCUT2D eigenvalue weighted by Crippen LogP contribution is -2.36. The molecule has 0 aliphatic carbocycles. The van der Waals surface area contributed by atoms with Crippen LogP contribution in [0.2, 0.25) is 10.0 Å². The molecular formula is C17H17Cl2NO3. The smallest absolute Gasteiger partial charge is 0.186 e. The Morgan fingerprint density at radius 3 is 2.65 bits per heavy atom. The number of nitrogens with zero attached hydrogens (tertiary/aromatic N) is 1. The van der Waals surface area contributed by atoms with Crippen LogP contribution in [0.25, 0.3) is 0 Å². The Morgan fingerprint density at radius 2 is 1.96 bits per heavy atom. The molecular weight excluding hydrogens is 337 g/mol. The Labute approximate surface area is 144 Å². The highest BCUT2D eigenvalue weighted by Crippen LogP contribution is 2.48. The van der Waals surface area contributed by atoms with Gasteiger partial charge < -0.3 is 15.1 Å². The summed E-state index contributed by atoms with van der Waals surface area (Å²) in [5.74, 6) is 0.480. The largest absolute Gasteiger partial charge is 0.619 e. The van der Waals surface area contributed by atoms with Gasteiger partial charge in [0.25, 0.3) is 0 Å². The number of rotatable bonds is 1. The molecule has 2 heterocycles. The predicted octanol–water partition coefficient (Wildman–Crippen LogP) is 3.67. The first-order chi connectivity index (χ1) is 10.7. The minimum absolute atomic E-state index is 0.309. The minimum Gasteiger partial charge on any atom is -0.619 e. The third kappa shape index (κ3) is 2.99. The average molecular weight is 354 g/mol. The molecule has 23 heavy (non-hydrogen) atoms. The van der Waals surface area contributed by atoms with Crippen LogP contribution in [0, 0.1) is 10.6 Å². The van der Waals surface area contributed by atoms with Crippen LogP contribution in [0.1, 0.15) is 31.4 Å². The summed E-state index contributed by atoms with van der Waals surface area (Å²) in [6.45, 7) is 4.42. The molecule has 0 saturated carbocycles. The van der Waals surface area contributed by atoms with Gasteiger partial charge >= 0.3 is 0 Å². The van der Waals surface area contributed by atoms with Gasteiger partial charge in [0.2, 0.25) is 0 Å². The maximum absolute atomic E-state index is 11.7. The molecule has 0 fully saturated rings. The molecule has 122 valence electrons. The second-order valence-corrected chi connectivity index (χ2v) is 7.52. The molecule has 3 rings (SSSR count).